The van der Waals surface area contributed by atoms with E-state index in [4.69, 9.17) is 4.84 Å². The second kappa shape index (κ2) is 7.60. The molecule has 8 nitrogen and oxygen atoms in total. The van der Waals surface area contributed by atoms with Crippen molar-refractivity contribution in [3.8, 4) is 22.5 Å². The molecule has 4 aromatic rings. The molecule has 9 heteroatoms. The molecule has 0 saturated heterocycles. The normalized spacial score (nSPS) is 11.0. The number of nitrogens with zero attached hydrogens (tertiary/aromatic N) is 3. The van der Waals surface area contributed by atoms with E-state index in [1.807, 2.05) is 30.3 Å². The number of aromatic nitrogens is 5. The summed E-state index contributed by atoms with van der Waals surface area (Å²) in [7, 11) is 1.56. The van der Waals surface area contributed by atoms with Crippen LogP contribution in [0.3, 0.4) is 0 Å². The number of hydrogen-bond acceptors (Lipinski definition) is 7. The highest BCUT2D eigenvalue weighted by molar-refractivity contribution is 7.99. The van der Waals surface area contributed by atoms with E-state index < -0.39 is 0 Å². The third-order valence-corrected chi connectivity index (χ3v) is 4.69. The van der Waals surface area contributed by atoms with Gasteiger partial charge in [-0.3, -0.25) is 20.5 Å². The molecule has 0 spiro atoms. The fraction of sp³-hybridized carbons (Fsp3) is 0.111. The lowest BCUT2D eigenvalue weighted by molar-refractivity contribution is -0.105. The van der Waals surface area contributed by atoms with E-state index in [-0.39, 0.29) is 0 Å². The van der Waals surface area contributed by atoms with Crippen molar-refractivity contribution in [2.24, 2.45) is 0 Å². The zero-order valence-electron chi connectivity index (χ0n) is 14.4. The smallest absolute Gasteiger partial charge is 0.209 e. The molecule has 2 aromatic carbocycles. The highest BCUT2D eigenvalue weighted by atomic mass is 32.2. The van der Waals surface area contributed by atoms with Gasteiger partial charge in [0.25, 0.3) is 0 Å². The van der Waals surface area contributed by atoms with E-state index in [1.54, 1.807) is 13.3 Å². The lowest BCUT2D eigenvalue weighted by Crippen LogP contribution is -1.96. The second-order valence-electron chi connectivity index (χ2n) is 5.72. The number of benzene rings is 2. The predicted molar refractivity (Wildman–Crippen MR) is 104 cm³/mol. The van der Waals surface area contributed by atoms with Crippen LogP contribution in [-0.4, -0.2) is 44.5 Å². The molecule has 0 aliphatic heterocycles. The Balaban J connectivity index is 1.75. The monoisotopic (exact) mass is 380 g/mol. The van der Waals surface area contributed by atoms with E-state index in [0.29, 0.717) is 16.7 Å². The summed E-state index contributed by atoms with van der Waals surface area (Å²) in [4.78, 5) is 20.1. The first kappa shape index (κ1) is 17.3. The van der Waals surface area contributed by atoms with Crippen molar-refractivity contribution in [3.63, 3.8) is 0 Å². The van der Waals surface area contributed by atoms with Crippen molar-refractivity contribution in [3.05, 3.63) is 42.6 Å². The summed E-state index contributed by atoms with van der Waals surface area (Å²) >= 11 is 1.28. The van der Waals surface area contributed by atoms with Gasteiger partial charge in [0, 0.05) is 10.9 Å². The number of H-pyrrole nitrogens is 2. The van der Waals surface area contributed by atoms with Crippen LogP contribution >= 0.6 is 11.8 Å². The number of fused-ring (bicyclic) bond motifs is 1. The Hall–Kier alpha value is -3.17. The zero-order chi connectivity index (χ0) is 18.6. The molecule has 2 heterocycles. The first-order valence-electron chi connectivity index (χ1n) is 8.13. The van der Waals surface area contributed by atoms with Crippen LogP contribution in [0.5, 0.6) is 0 Å². The molecule has 0 atom stereocenters. The Morgan fingerprint density at radius 1 is 1.15 bits per heavy atom. The Labute approximate surface area is 158 Å². The second-order valence-corrected chi connectivity index (χ2v) is 6.71. The number of nitrogens with one attached hydrogen (secondary N) is 3. The molecule has 0 radical (unpaired) electrons. The molecule has 27 heavy (non-hydrogen) atoms. The van der Waals surface area contributed by atoms with E-state index in [1.165, 1.54) is 11.8 Å². The minimum absolute atomic E-state index is 0.318. The number of hydrogen-bond donors (Lipinski definition) is 3. The van der Waals surface area contributed by atoms with Gasteiger partial charge in [0.05, 0.1) is 30.3 Å². The number of carbonyl (C=O) groups excluding carboxylic acids is 1. The Morgan fingerprint density at radius 3 is 2.89 bits per heavy atom. The quantitative estimate of drug-likeness (QED) is 0.256. The first-order valence-corrected chi connectivity index (χ1v) is 9.12. The summed E-state index contributed by atoms with van der Waals surface area (Å²) < 4.78 is 0. The standard InChI is InChI=1S/C18H16N6O2S/c1-26-24-15-8-12(11-2-3-16-14(6-11)10-19-21-16)7-13(9-15)17-20-18(23-22-17)27-5-4-25/h2-4,6-10,24H,5H2,1H3,(H,19,21)(H,20,22,23). The summed E-state index contributed by atoms with van der Waals surface area (Å²) in [6.45, 7) is 0. The molecule has 3 N–H and O–H groups in total. The number of carbonyl (C=O) groups is 1. The number of aromatic amines is 2. The van der Waals surface area contributed by atoms with Gasteiger partial charge in [-0.05, 0) is 41.5 Å². The van der Waals surface area contributed by atoms with Crippen molar-refractivity contribution < 1.29 is 9.63 Å². The largest absolute Gasteiger partial charge is 0.302 e. The minimum Gasteiger partial charge on any atom is -0.302 e. The minimum atomic E-state index is 0.318. The average Bonchev–Trinajstić information content (AvgIpc) is 3.35. The van der Waals surface area contributed by atoms with Crippen molar-refractivity contribution in [2.75, 3.05) is 18.3 Å². The van der Waals surface area contributed by atoms with E-state index in [0.717, 1.165) is 39.6 Å². The third kappa shape index (κ3) is 3.69. The molecule has 0 aliphatic carbocycles. The molecule has 4 rings (SSSR count). The number of thioether (sulfide) groups is 1. The van der Waals surface area contributed by atoms with Gasteiger partial charge in [0.2, 0.25) is 5.16 Å². The van der Waals surface area contributed by atoms with Crippen LogP contribution in [0.2, 0.25) is 0 Å². The summed E-state index contributed by atoms with van der Waals surface area (Å²) in [6, 6.07) is 12.0. The SMILES string of the molecule is CONc1cc(-c2ccc3[nH]ncc3c2)cc(-c2nc(SCC=O)n[nH]2)c1. The molecule has 0 amide bonds. The number of rotatable bonds is 7. The van der Waals surface area contributed by atoms with Crippen molar-refractivity contribution >= 4 is 34.6 Å². The summed E-state index contributed by atoms with van der Waals surface area (Å²) in [5, 5.41) is 15.7. The number of anilines is 1. The first-order chi connectivity index (χ1) is 13.3. The third-order valence-electron chi connectivity index (χ3n) is 3.95. The molecule has 136 valence electrons. The Kier molecular flexibility index (Phi) is 4.86. The van der Waals surface area contributed by atoms with E-state index in [9.17, 15) is 4.79 Å². The average molecular weight is 380 g/mol. The molecule has 0 aliphatic rings. The summed E-state index contributed by atoms with van der Waals surface area (Å²) in [5.74, 6) is 0.937. The molecule has 0 fully saturated rings. The van der Waals surface area contributed by atoms with Gasteiger partial charge >= 0.3 is 0 Å². The lowest BCUT2D eigenvalue weighted by Gasteiger charge is -2.10. The van der Waals surface area contributed by atoms with E-state index >= 15 is 0 Å². The van der Waals surface area contributed by atoms with E-state index in [2.05, 4.69) is 36.9 Å². The van der Waals surface area contributed by atoms with Crippen molar-refractivity contribution in [1.29, 1.82) is 0 Å². The maximum Gasteiger partial charge on any atom is 0.209 e. The van der Waals surface area contributed by atoms with Gasteiger partial charge in [0.1, 0.15) is 6.29 Å². The highest BCUT2D eigenvalue weighted by Gasteiger charge is 2.11. The number of aldehydes is 1. The van der Waals surface area contributed by atoms with Gasteiger partial charge in [-0.15, -0.1) is 5.10 Å². The van der Waals surface area contributed by atoms with Crippen LogP contribution in [0.1, 0.15) is 0 Å². The van der Waals surface area contributed by atoms with Crippen LogP contribution in [0.25, 0.3) is 33.4 Å². The van der Waals surface area contributed by atoms with Gasteiger partial charge in [-0.25, -0.2) is 4.98 Å². The van der Waals surface area contributed by atoms with Crippen LogP contribution in [-0.2, 0) is 9.63 Å². The van der Waals surface area contributed by atoms with Crippen molar-refractivity contribution in [2.45, 2.75) is 5.16 Å². The van der Waals surface area contributed by atoms with Crippen LogP contribution in [0.4, 0.5) is 5.69 Å². The zero-order valence-corrected chi connectivity index (χ0v) is 15.2. The Bertz CT molecular complexity index is 1090. The maximum absolute atomic E-state index is 10.5. The molecule has 2 aromatic heterocycles. The van der Waals surface area contributed by atoms with Gasteiger partial charge in [-0.2, -0.15) is 5.10 Å². The fourth-order valence-electron chi connectivity index (χ4n) is 2.78. The summed E-state index contributed by atoms with van der Waals surface area (Å²) in [5.41, 5.74) is 7.53. The molecule has 0 bridgehead atoms. The van der Waals surface area contributed by atoms with Gasteiger partial charge < -0.3 is 4.79 Å². The molecular weight excluding hydrogens is 364 g/mol. The van der Waals surface area contributed by atoms with Crippen LogP contribution in [0.15, 0.2) is 47.8 Å². The summed E-state index contributed by atoms with van der Waals surface area (Å²) in [6.07, 6.45) is 2.62. The van der Waals surface area contributed by atoms with Gasteiger partial charge in [-0.1, -0.05) is 17.8 Å². The highest BCUT2D eigenvalue weighted by Crippen LogP contribution is 2.31. The van der Waals surface area contributed by atoms with Crippen LogP contribution in [0, 0.1) is 0 Å². The van der Waals surface area contributed by atoms with Crippen LogP contribution < -0.4 is 5.48 Å². The maximum atomic E-state index is 10.5. The van der Waals surface area contributed by atoms with Gasteiger partial charge in [0.15, 0.2) is 5.82 Å². The van der Waals surface area contributed by atoms with Crippen molar-refractivity contribution in [1.82, 2.24) is 25.4 Å². The predicted octanol–water partition coefficient (Wildman–Crippen LogP) is 3.28. The fourth-order valence-corrected chi connectivity index (χ4v) is 3.26. The molecular formula is C18H16N6O2S. The Morgan fingerprint density at radius 2 is 2.04 bits per heavy atom. The molecule has 0 unspecified atom stereocenters. The molecule has 0 saturated carbocycles. The lowest BCUT2D eigenvalue weighted by atomic mass is 10.0. The topological polar surface area (TPSA) is 109 Å².